The van der Waals surface area contributed by atoms with Gasteiger partial charge in [-0.3, -0.25) is 4.98 Å². The monoisotopic (exact) mass is 302 g/mol. The van der Waals surface area contributed by atoms with Gasteiger partial charge in [0.1, 0.15) is 0 Å². The molecule has 0 radical (unpaired) electrons. The topological polar surface area (TPSA) is 99.5 Å². The van der Waals surface area contributed by atoms with E-state index in [1.54, 1.807) is 0 Å². The van der Waals surface area contributed by atoms with Crippen LogP contribution in [-0.2, 0) is 22.7 Å². The van der Waals surface area contributed by atoms with E-state index < -0.39 is 11.9 Å². The zero-order valence-electron chi connectivity index (χ0n) is 12.2. The summed E-state index contributed by atoms with van der Waals surface area (Å²) in [6, 6.07) is 14.6. The van der Waals surface area contributed by atoms with Gasteiger partial charge in [-0.15, -0.1) is 0 Å². The van der Waals surface area contributed by atoms with Crippen LogP contribution in [0.4, 0.5) is 0 Å². The maximum absolute atomic E-state index is 9.10. The van der Waals surface area contributed by atoms with Crippen molar-refractivity contribution in [3.05, 3.63) is 65.5 Å². The molecule has 0 bridgehead atoms. The smallest absolute Gasteiger partial charge is 0.414 e. The Kier molecular flexibility index (Phi) is 7.28. The SMILES string of the molecule is Cc1ccc(CNCc2ccccn2)cc1.O=C(O)C(=O)O. The molecule has 2 rings (SSSR count). The van der Waals surface area contributed by atoms with Gasteiger partial charge in [-0.25, -0.2) is 9.59 Å². The second kappa shape index (κ2) is 9.25. The minimum Gasteiger partial charge on any atom is -0.473 e. The number of aliphatic carboxylic acids is 2. The standard InChI is InChI=1S/C14H16N2.C2H2O4/c1-12-5-7-13(8-6-12)10-15-11-14-4-2-3-9-16-14;3-1(4)2(5)6/h2-9,15H,10-11H2,1H3;(H,3,4)(H,5,6). The molecule has 0 atom stereocenters. The summed E-state index contributed by atoms with van der Waals surface area (Å²) in [6.07, 6.45) is 1.82. The average Bonchev–Trinajstić information content (AvgIpc) is 2.51. The van der Waals surface area contributed by atoms with Crippen molar-refractivity contribution in [2.75, 3.05) is 0 Å². The van der Waals surface area contributed by atoms with Crippen LogP contribution in [0.1, 0.15) is 16.8 Å². The highest BCUT2D eigenvalue weighted by atomic mass is 16.4. The quantitative estimate of drug-likeness (QED) is 0.745. The van der Waals surface area contributed by atoms with Gasteiger partial charge in [0.25, 0.3) is 0 Å². The van der Waals surface area contributed by atoms with Crippen LogP contribution >= 0.6 is 0 Å². The van der Waals surface area contributed by atoms with Crippen molar-refractivity contribution in [2.24, 2.45) is 0 Å². The molecule has 0 amide bonds. The number of nitrogens with zero attached hydrogens (tertiary/aromatic N) is 1. The van der Waals surface area contributed by atoms with E-state index in [-0.39, 0.29) is 0 Å². The lowest BCUT2D eigenvalue weighted by Gasteiger charge is -2.04. The third-order valence-electron chi connectivity index (χ3n) is 2.66. The number of hydrogen-bond acceptors (Lipinski definition) is 4. The molecule has 0 aliphatic rings. The molecule has 22 heavy (non-hydrogen) atoms. The maximum atomic E-state index is 9.10. The Morgan fingerprint density at radius 3 is 2.14 bits per heavy atom. The van der Waals surface area contributed by atoms with Crippen LogP contribution in [0.15, 0.2) is 48.7 Å². The summed E-state index contributed by atoms with van der Waals surface area (Å²) in [7, 11) is 0. The Morgan fingerprint density at radius 2 is 1.64 bits per heavy atom. The summed E-state index contributed by atoms with van der Waals surface area (Å²) in [5, 5.41) is 18.2. The number of aryl methyl sites for hydroxylation is 1. The molecule has 1 heterocycles. The van der Waals surface area contributed by atoms with Gasteiger partial charge in [0.15, 0.2) is 0 Å². The number of carboxylic acid groups (broad SMARTS) is 2. The molecule has 3 N–H and O–H groups in total. The first-order valence-electron chi connectivity index (χ1n) is 6.61. The van der Waals surface area contributed by atoms with Crippen molar-refractivity contribution in [2.45, 2.75) is 20.0 Å². The van der Waals surface area contributed by atoms with E-state index >= 15 is 0 Å². The van der Waals surface area contributed by atoms with Gasteiger partial charge < -0.3 is 15.5 Å². The van der Waals surface area contributed by atoms with E-state index in [0.717, 1.165) is 18.8 Å². The number of carboxylic acids is 2. The van der Waals surface area contributed by atoms with Crippen LogP contribution < -0.4 is 5.32 Å². The molecule has 6 heteroatoms. The molecular formula is C16H18N2O4. The van der Waals surface area contributed by atoms with E-state index in [0.29, 0.717) is 0 Å². The summed E-state index contributed by atoms with van der Waals surface area (Å²) in [5.41, 5.74) is 3.68. The fourth-order valence-corrected chi connectivity index (χ4v) is 1.54. The molecular weight excluding hydrogens is 284 g/mol. The summed E-state index contributed by atoms with van der Waals surface area (Å²) in [5.74, 6) is -3.65. The zero-order chi connectivity index (χ0) is 16.4. The fraction of sp³-hybridized carbons (Fsp3) is 0.188. The number of benzene rings is 1. The van der Waals surface area contributed by atoms with Crippen molar-refractivity contribution >= 4 is 11.9 Å². The first kappa shape index (κ1) is 17.3. The molecule has 0 fully saturated rings. The van der Waals surface area contributed by atoms with Gasteiger partial charge in [0.05, 0.1) is 5.69 Å². The van der Waals surface area contributed by atoms with Crippen LogP contribution in [0.2, 0.25) is 0 Å². The highest BCUT2D eigenvalue weighted by molar-refractivity contribution is 6.27. The molecule has 6 nitrogen and oxygen atoms in total. The minimum atomic E-state index is -1.82. The molecule has 116 valence electrons. The van der Waals surface area contributed by atoms with Crippen molar-refractivity contribution in [3.8, 4) is 0 Å². The summed E-state index contributed by atoms with van der Waals surface area (Å²) >= 11 is 0. The Morgan fingerprint density at radius 1 is 1.00 bits per heavy atom. The molecule has 2 aromatic rings. The molecule has 0 saturated heterocycles. The van der Waals surface area contributed by atoms with Crippen LogP contribution in [0.25, 0.3) is 0 Å². The third kappa shape index (κ3) is 7.16. The summed E-state index contributed by atoms with van der Waals surface area (Å²) in [4.78, 5) is 22.5. The van der Waals surface area contributed by atoms with Crippen molar-refractivity contribution in [1.29, 1.82) is 0 Å². The molecule has 0 aliphatic heterocycles. The van der Waals surface area contributed by atoms with Crippen molar-refractivity contribution < 1.29 is 19.8 Å². The number of rotatable bonds is 4. The lowest BCUT2D eigenvalue weighted by Crippen LogP contribution is -2.13. The van der Waals surface area contributed by atoms with E-state index in [2.05, 4.69) is 41.5 Å². The van der Waals surface area contributed by atoms with Gasteiger partial charge >= 0.3 is 11.9 Å². The van der Waals surface area contributed by atoms with Crippen LogP contribution in [0.5, 0.6) is 0 Å². The molecule has 1 aromatic heterocycles. The van der Waals surface area contributed by atoms with Gasteiger partial charge in [-0.1, -0.05) is 35.9 Å². The molecule has 0 unspecified atom stereocenters. The van der Waals surface area contributed by atoms with E-state index in [9.17, 15) is 0 Å². The fourth-order valence-electron chi connectivity index (χ4n) is 1.54. The Labute approximate surface area is 128 Å². The minimum absolute atomic E-state index is 0.814. The van der Waals surface area contributed by atoms with Crippen molar-refractivity contribution in [1.82, 2.24) is 10.3 Å². The Hall–Kier alpha value is -2.73. The molecule has 0 aliphatic carbocycles. The molecule has 0 spiro atoms. The van der Waals surface area contributed by atoms with E-state index in [1.807, 2.05) is 24.4 Å². The zero-order valence-corrected chi connectivity index (χ0v) is 12.2. The summed E-state index contributed by atoms with van der Waals surface area (Å²) in [6.45, 7) is 3.80. The number of nitrogens with one attached hydrogen (secondary N) is 1. The Bertz CT molecular complexity index is 585. The molecule has 0 saturated carbocycles. The predicted molar refractivity (Wildman–Crippen MR) is 81.2 cm³/mol. The highest BCUT2D eigenvalue weighted by Gasteiger charge is 2.04. The maximum Gasteiger partial charge on any atom is 0.414 e. The normalized spacial score (nSPS) is 9.50. The van der Waals surface area contributed by atoms with Gasteiger partial charge in [0.2, 0.25) is 0 Å². The Balaban J connectivity index is 0.000000346. The highest BCUT2D eigenvalue weighted by Crippen LogP contribution is 2.02. The first-order chi connectivity index (χ1) is 10.5. The predicted octanol–water partition coefficient (Wildman–Crippen LogP) is 1.84. The second-order valence-electron chi connectivity index (χ2n) is 4.52. The number of carbonyl (C=O) groups is 2. The van der Waals surface area contributed by atoms with Crippen LogP contribution in [0, 0.1) is 6.92 Å². The lowest BCUT2D eigenvalue weighted by atomic mass is 10.1. The molecule has 1 aromatic carbocycles. The van der Waals surface area contributed by atoms with E-state index in [4.69, 9.17) is 19.8 Å². The summed E-state index contributed by atoms with van der Waals surface area (Å²) < 4.78 is 0. The number of aromatic nitrogens is 1. The van der Waals surface area contributed by atoms with Gasteiger partial charge in [-0.2, -0.15) is 0 Å². The van der Waals surface area contributed by atoms with Gasteiger partial charge in [-0.05, 0) is 24.6 Å². The second-order valence-corrected chi connectivity index (χ2v) is 4.52. The van der Waals surface area contributed by atoms with Crippen LogP contribution in [-0.4, -0.2) is 27.1 Å². The third-order valence-corrected chi connectivity index (χ3v) is 2.66. The van der Waals surface area contributed by atoms with Crippen LogP contribution in [0.3, 0.4) is 0 Å². The van der Waals surface area contributed by atoms with Gasteiger partial charge in [0, 0.05) is 19.3 Å². The largest absolute Gasteiger partial charge is 0.473 e. The van der Waals surface area contributed by atoms with Crippen molar-refractivity contribution in [3.63, 3.8) is 0 Å². The average molecular weight is 302 g/mol. The lowest BCUT2D eigenvalue weighted by molar-refractivity contribution is -0.159. The number of pyridine rings is 1. The number of hydrogen-bond donors (Lipinski definition) is 3. The first-order valence-corrected chi connectivity index (χ1v) is 6.61. The van der Waals surface area contributed by atoms with E-state index in [1.165, 1.54) is 11.1 Å².